The third-order valence-electron chi connectivity index (χ3n) is 2.29. The van der Waals surface area contributed by atoms with Gasteiger partial charge in [0, 0.05) is 6.07 Å². The maximum Gasteiger partial charge on any atom is 0.214 e. The molecular formula is C11H16ClNO. The van der Waals surface area contributed by atoms with Crippen LogP contribution in [-0.2, 0) is 0 Å². The molecule has 0 spiro atoms. The van der Waals surface area contributed by atoms with Crippen molar-refractivity contribution in [3.05, 3.63) is 22.8 Å². The lowest BCUT2D eigenvalue weighted by atomic mass is 9.98. The van der Waals surface area contributed by atoms with Gasteiger partial charge in [-0.3, -0.25) is 0 Å². The van der Waals surface area contributed by atoms with Gasteiger partial charge in [-0.2, -0.15) is 0 Å². The maximum absolute atomic E-state index is 5.88. The van der Waals surface area contributed by atoms with E-state index in [0.717, 1.165) is 6.42 Å². The second-order valence-corrected chi connectivity index (χ2v) is 3.84. The molecular weight excluding hydrogens is 198 g/mol. The van der Waals surface area contributed by atoms with Gasteiger partial charge in [0.05, 0.1) is 7.11 Å². The van der Waals surface area contributed by atoms with E-state index in [9.17, 15) is 0 Å². The number of aromatic nitrogens is 1. The predicted octanol–water partition coefficient (Wildman–Crippen LogP) is 3.65. The van der Waals surface area contributed by atoms with E-state index in [4.69, 9.17) is 16.3 Å². The van der Waals surface area contributed by atoms with Crippen molar-refractivity contribution in [2.45, 2.75) is 32.6 Å². The number of ether oxygens (including phenoxy) is 1. The number of halogens is 1. The summed E-state index contributed by atoms with van der Waals surface area (Å²) < 4.78 is 5.07. The minimum atomic E-state index is 0.502. The molecule has 3 heteroatoms. The first-order chi connectivity index (χ1) is 6.67. The van der Waals surface area contributed by atoms with Crippen LogP contribution in [-0.4, -0.2) is 12.1 Å². The van der Waals surface area contributed by atoms with Gasteiger partial charge in [-0.05, 0) is 24.0 Å². The Hall–Kier alpha value is -0.760. The second-order valence-electron chi connectivity index (χ2n) is 3.46. The quantitative estimate of drug-likeness (QED) is 0.713. The molecule has 0 saturated carbocycles. The lowest BCUT2D eigenvalue weighted by molar-refractivity contribution is 0.397. The van der Waals surface area contributed by atoms with Crippen LogP contribution in [0.3, 0.4) is 0 Å². The molecule has 1 aromatic heterocycles. The molecule has 0 aromatic carbocycles. The van der Waals surface area contributed by atoms with Gasteiger partial charge in [0.25, 0.3) is 0 Å². The van der Waals surface area contributed by atoms with Gasteiger partial charge in [0.2, 0.25) is 5.88 Å². The molecule has 78 valence electrons. The number of nitrogens with zero attached hydrogens (tertiary/aromatic N) is 1. The standard InChI is InChI=1S/C11H16ClNO/c1-4-5-8(2)9-6-10(12)13-11(7-9)14-3/h6-8H,4-5H2,1-3H3. The fourth-order valence-corrected chi connectivity index (χ4v) is 1.69. The van der Waals surface area contributed by atoms with Crippen LogP contribution in [0.25, 0.3) is 0 Å². The summed E-state index contributed by atoms with van der Waals surface area (Å²) in [4.78, 5) is 4.04. The fourth-order valence-electron chi connectivity index (χ4n) is 1.48. The summed E-state index contributed by atoms with van der Waals surface area (Å²) in [6.07, 6.45) is 2.33. The predicted molar refractivity (Wildman–Crippen MR) is 59.1 cm³/mol. The van der Waals surface area contributed by atoms with Crippen molar-refractivity contribution in [2.75, 3.05) is 7.11 Å². The van der Waals surface area contributed by atoms with E-state index in [0.29, 0.717) is 17.0 Å². The summed E-state index contributed by atoms with van der Waals surface area (Å²) in [7, 11) is 1.60. The molecule has 0 bridgehead atoms. The van der Waals surface area contributed by atoms with Crippen LogP contribution in [0.1, 0.15) is 38.2 Å². The second kappa shape index (κ2) is 5.20. The first kappa shape index (κ1) is 11.3. The minimum absolute atomic E-state index is 0.502. The summed E-state index contributed by atoms with van der Waals surface area (Å²) in [6, 6.07) is 3.86. The Morgan fingerprint density at radius 3 is 2.79 bits per heavy atom. The molecule has 0 N–H and O–H groups in total. The van der Waals surface area contributed by atoms with Gasteiger partial charge in [-0.1, -0.05) is 31.9 Å². The number of hydrogen-bond acceptors (Lipinski definition) is 2. The van der Waals surface area contributed by atoms with Crippen molar-refractivity contribution in [1.29, 1.82) is 0 Å². The third kappa shape index (κ3) is 2.88. The Kier molecular flexibility index (Phi) is 4.21. The molecule has 1 aromatic rings. The van der Waals surface area contributed by atoms with Gasteiger partial charge < -0.3 is 4.74 Å². The van der Waals surface area contributed by atoms with Crippen LogP contribution in [0.5, 0.6) is 5.88 Å². The lowest BCUT2D eigenvalue weighted by Gasteiger charge is -2.11. The molecule has 0 aliphatic heterocycles. The number of hydrogen-bond donors (Lipinski definition) is 0. The first-order valence-electron chi connectivity index (χ1n) is 4.88. The van der Waals surface area contributed by atoms with Crippen molar-refractivity contribution < 1.29 is 4.74 Å². The molecule has 1 heterocycles. The average molecular weight is 214 g/mol. The molecule has 14 heavy (non-hydrogen) atoms. The van der Waals surface area contributed by atoms with Crippen LogP contribution in [0.2, 0.25) is 5.15 Å². The van der Waals surface area contributed by atoms with Gasteiger partial charge in [-0.25, -0.2) is 4.98 Å². The van der Waals surface area contributed by atoms with Crippen molar-refractivity contribution in [1.82, 2.24) is 4.98 Å². The highest BCUT2D eigenvalue weighted by molar-refractivity contribution is 6.29. The topological polar surface area (TPSA) is 22.1 Å². The maximum atomic E-state index is 5.88. The third-order valence-corrected chi connectivity index (χ3v) is 2.49. The Labute approximate surface area is 90.3 Å². The largest absolute Gasteiger partial charge is 0.481 e. The zero-order chi connectivity index (χ0) is 10.6. The Bertz CT molecular complexity index is 301. The van der Waals surface area contributed by atoms with E-state index < -0.39 is 0 Å². The normalized spacial score (nSPS) is 12.6. The summed E-state index contributed by atoms with van der Waals surface area (Å²) in [5.41, 5.74) is 1.20. The van der Waals surface area contributed by atoms with Gasteiger partial charge in [0.1, 0.15) is 5.15 Å². The molecule has 0 aliphatic carbocycles. The van der Waals surface area contributed by atoms with E-state index in [1.165, 1.54) is 12.0 Å². The van der Waals surface area contributed by atoms with Crippen LogP contribution >= 0.6 is 11.6 Å². The number of methoxy groups -OCH3 is 1. The van der Waals surface area contributed by atoms with Crippen LogP contribution in [0.15, 0.2) is 12.1 Å². The smallest absolute Gasteiger partial charge is 0.214 e. The highest BCUT2D eigenvalue weighted by atomic mass is 35.5. The molecule has 0 aliphatic rings. The molecule has 0 radical (unpaired) electrons. The van der Waals surface area contributed by atoms with Gasteiger partial charge >= 0.3 is 0 Å². The molecule has 0 amide bonds. The van der Waals surface area contributed by atoms with E-state index in [1.807, 2.05) is 12.1 Å². The van der Waals surface area contributed by atoms with Crippen molar-refractivity contribution in [3.63, 3.8) is 0 Å². The van der Waals surface area contributed by atoms with Crippen molar-refractivity contribution >= 4 is 11.6 Å². The molecule has 0 saturated heterocycles. The summed E-state index contributed by atoms with van der Waals surface area (Å²) in [6.45, 7) is 4.37. The monoisotopic (exact) mass is 213 g/mol. The molecule has 2 nitrogen and oxygen atoms in total. The average Bonchev–Trinajstić information content (AvgIpc) is 2.17. The summed E-state index contributed by atoms with van der Waals surface area (Å²) >= 11 is 5.88. The highest BCUT2D eigenvalue weighted by Gasteiger charge is 2.08. The zero-order valence-corrected chi connectivity index (χ0v) is 9.64. The Morgan fingerprint density at radius 2 is 2.21 bits per heavy atom. The van der Waals surface area contributed by atoms with Crippen LogP contribution in [0, 0.1) is 0 Å². The Morgan fingerprint density at radius 1 is 1.50 bits per heavy atom. The summed E-state index contributed by atoms with van der Waals surface area (Å²) in [5, 5.41) is 0.502. The van der Waals surface area contributed by atoms with Crippen LogP contribution < -0.4 is 4.74 Å². The van der Waals surface area contributed by atoms with Gasteiger partial charge in [-0.15, -0.1) is 0 Å². The van der Waals surface area contributed by atoms with E-state index in [-0.39, 0.29) is 0 Å². The zero-order valence-electron chi connectivity index (χ0n) is 8.88. The SMILES string of the molecule is CCCC(C)c1cc(Cl)nc(OC)c1. The van der Waals surface area contributed by atoms with Crippen molar-refractivity contribution in [2.24, 2.45) is 0 Å². The Balaban J connectivity index is 2.90. The number of pyridine rings is 1. The minimum Gasteiger partial charge on any atom is -0.481 e. The summed E-state index contributed by atoms with van der Waals surface area (Å²) in [5.74, 6) is 1.10. The van der Waals surface area contributed by atoms with E-state index in [2.05, 4.69) is 18.8 Å². The van der Waals surface area contributed by atoms with Crippen molar-refractivity contribution in [3.8, 4) is 5.88 Å². The molecule has 0 fully saturated rings. The highest BCUT2D eigenvalue weighted by Crippen LogP contribution is 2.25. The number of rotatable bonds is 4. The van der Waals surface area contributed by atoms with Crippen LogP contribution in [0.4, 0.5) is 0 Å². The van der Waals surface area contributed by atoms with E-state index in [1.54, 1.807) is 7.11 Å². The van der Waals surface area contributed by atoms with E-state index >= 15 is 0 Å². The molecule has 1 rings (SSSR count). The fraction of sp³-hybridized carbons (Fsp3) is 0.545. The van der Waals surface area contributed by atoms with Gasteiger partial charge in [0.15, 0.2) is 0 Å². The lowest BCUT2D eigenvalue weighted by Crippen LogP contribution is -1.96. The molecule has 1 atom stereocenters. The first-order valence-corrected chi connectivity index (χ1v) is 5.26. The molecule has 1 unspecified atom stereocenters.